The van der Waals surface area contributed by atoms with E-state index in [1.807, 2.05) is 0 Å². The van der Waals surface area contributed by atoms with Crippen LogP contribution in [-0.4, -0.2) is 25.6 Å². The molecule has 1 atom stereocenters. The number of rotatable bonds is 3. The molecule has 0 amide bonds. The lowest BCUT2D eigenvalue weighted by Crippen LogP contribution is -2.28. The second kappa shape index (κ2) is 6.37. The van der Waals surface area contributed by atoms with Gasteiger partial charge in [0.2, 0.25) is 0 Å². The lowest BCUT2D eigenvalue weighted by Gasteiger charge is -2.24. The Kier molecular flexibility index (Phi) is 5.10. The first kappa shape index (κ1) is 13.6. The van der Waals surface area contributed by atoms with Crippen LogP contribution in [0.5, 0.6) is 0 Å². The maximum atomic E-state index is 6.38. The number of hydrogen-bond donors (Lipinski definition) is 1. The minimum absolute atomic E-state index is 0.628. The molecule has 0 radical (unpaired) electrons. The third-order valence-electron chi connectivity index (χ3n) is 3.22. The predicted molar refractivity (Wildman–Crippen MR) is 79.9 cm³/mol. The summed E-state index contributed by atoms with van der Waals surface area (Å²) in [6.07, 6.45) is 6.74. The molecule has 1 aliphatic heterocycles. The molecule has 1 aromatic carbocycles. The zero-order valence-corrected chi connectivity index (χ0v) is 12.6. The van der Waals surface area contributed by atoms with Crippen molar-refractivity contribution in [2.45, 2.75) is 28.6 Å². The van der Waals surface area contributed by atoms with Gasteiger partial charge in [0.15, 0.2) is 0 Å². The largest absolute Gasteiger partial charge is 0.316 e. The molecule has 0 aromatic heterocycles. The summed E-state index contributed by atoms with van der Waals surface area (Å²) >= 11 is 9.90. The van der Waals surface area contributed by atoms with Crippen molar-refractivity contribution in [3.8, 4) is 0 Å². The highest BCUT2D eigenvalue weighted by molar-refractivity contribution is 8.01. The van der Waals surface area contributed by atoms with Gasteiger partial charge >= 0.3 is 0 Å². The van der Waals surface area contributed by atoms with E-state index in [2.05, 4.69) is 30.0 Å². The highest BCUT2D eigenvalue weighted by Crippen LogP contribution is 2.38. The zero-order chi connectivity index (χ0) is 12.3. The van der Waals surface area contributed by atoms with Crippen molar-refractivity contribution in [1.29, 1.82) is 0 Å². The van der Waals surface area contributed by atoms with Crippen LogP contribution in [0.25, 0.3) is 0 Å². The SMILES string of the molecule is CSc1cc(C2CCCNC2)cc(Cl)c1SC. The average Bonchev–Trinajstić information content (AvgIpc) is 2.38. The van der Waals surface area contributed by atoms with Gasteiger partial charge in [0.1, 0.15) is 0 Å². The van der Waals surface area contributed by atoms with E-state index in [1.165, 1.54) is 28.2 Å². The van der Waals surface area contributed by atoms with Gasteiger partial charge < -0.3 is 5.32 Å². The summed E-state index contributed by atoms with van der Waals surface area (Å²) in [5.74, 6) is 0.628. The highest BCUT2D eigenvalue weighted by atomic mass is 35.5. The summed E-state index contributed by atoms with van der Waals surface area (Å²) in [6, 6.07) is 4.48. The summed E-state index contributed by atoms with van der Waals surface area (Å²) in [7, 11) is 0. The van der Waals surface area contributed by atoms with Gasteiger partial charge in [-0.3, -0.25) is 0 Å². The smallest absolute Gasteiger partial charge is 0.0555 e. The van der Waals surface area contributed by atoms with Gasteiger partial charge in [-0.1, -0.05) is 11.6 Å². The van der Waals surface area contributed by atoms with Gasteiger partial charge in [-0.2, -0.15) is 0 Å². The Morgan fingerprint density at radius 3 is 2.71 bits per heavy atom. The molecule has 0 spiro atoms. The van der Waals surface area contributed by atoms with Crippen LogP contribution in [0, 0.1) is 0 Å². The highest BCUT2D eigenvalue weighted by Gasteiger charge is 2.18. The Morgan fingerprint density at radius 1 is 1.29 bits per heavy atom. The van der Waals surface area contributed by atoms with E-state index in [0.717, 1.165) is 18.1 Å². The normalized spacial score (nSPS) is 20.5. The van der Waals surface area contributed by atoms with Crippen molar-refractivity contribution in [2.24, 2.45) is 0 Å². The number of piperidine rings is 1. The first-order chi connectivity index (χ1) is 8.26. The molecule has 2 rings (SSSR count). The van der Waals surface area contributed by atoms with Crippen LogP contribution in [0.1, 0.15) is 24.3 Å². The van der Waals surface area contributed by atoms with Gasteiger partial charge in [0.25, 0.3) is 0 Å². The molecule has 4 heteroatoms. The lowest BCUT2D eigenvalue weighted by molar-refractivity contribution is 0.461. The molecule has 1 saturated heterocycles. The molecular weight excluding hydrogens is 270 g/mol. The Labute approximate surface area is 117 Å². The van der Waals surface area contributed by atoms with Crippen molar-refractivity contribution in [3.63, 3.8) is 0 Å². The van der Waals surface area contributed by atoms with Gasteiger partial charge in [0.05, 0.1) is 5.02 Å². The predicted octanol–water partition coefficient (Wildman–Crippen LogP) is 4.25. The lowest BCUT2D eigenvalue weighted by atomic mass is 9.92. The molecule has 1 N–H and O–H groups in total. The van der Waals surface area contributed by atoms with Gasteiger partial charge in [-0.05, 0) is 55.5 Å². The number of nitrogens with one attached hydrogen (secondary N) is 1. The topological polar surface area (TPSA) is 12.0 Å². The quantitative estimate of drug-likeness (QED) is 0.835. The van der Waals surface area contributed by atoms with Gasteiger partial charge in [-0.15, -0.1) is 23.5 Å². The molecular formula is C13H18ClNS2. The van der Waals surface area contributed by atoms with E-state index < -0.39 is 0 Å². The molecule has 1 heterocycles. The summed E-state index contributed by atoms with van der Waals surface area (Å²) in [4.78, 5) is 2.53. The minimum atomic E-state index is 0.628. The van der Waals surface area contributed by atoms with Crippen LogP contribution >= 0.6 is 35.1 Å². The first-order valence-electron chi connectivity index (χ1n) is 5.88. The van der Waals surface area contributed by atoms with Gasteiger partial charge in [-0.25, -0.2) is 0 Å². The van der Waals surface area contributed by atoms with Crippen LogP contribution in [0.3, 0.4) is 0 Å². The van der Waals surface area contributed by atoms with E-state index in [1.54, 1.807) is 23.5 Å². The number of benzene rings is 1. The van der Waals surface area contributed by atoms with E-state index in [4.69, 9.17) is 11.6 Å². The second-order valence-corrected chi connectivity index (χ2v) is 6.35. The maximum absolute atomic E-state index is 6.38. The summed E-state index contributed by atoms with van der Waals surface area (Å²) in [5.41, 5.74) is 1.39. The van der Waals surface area contributed by atoms with Gasteiger partial charge in [0, 0.05) is 16.3 Å². The molecule has 1 fully saturated rings. The van der Waals surface area contributed by atoms with Crippen LogP contribution in [0.4, 0.5) is 0 Å². The summed E-state index contributed by atoms with van der Waals surface area (Å²) in [6.45, 7) is 2.24. The van der Waals surface area contributed by atoms with E-state index in [9.17, 15) is 0 Å². The Balaban J connectivity index is 2.31. The van der Waals surface area contributed by atoms with Crippen LogP contribution in [-0.2, 0) is 0 Å². The minimum Gasteiger partial charge on any atom is -0.316 e. The zero-order valence-electron chi connectivity index (χ0n) is 10.3. The third-order valence-corrected chi connectivity index (χ3v) is 5.37. The van der Waals surface area contributed by atoms with E-state index in [0.29, 0.717) is 5.92 Å². The molecule has 1 aliphatic rings. The Bertz CT molecular complexity index is 389. The van der Waals surface area contributed by atoms with Crippen LogP contribution in [0.15, 0.2) is 21.9 Å². The maximum Gasteiger partial charge on any atom is 0.0555 e. The standard InChI is InChI=1S/C13H18ClNS2/c1-16-12-7-10(6-11(14)13(12)17-2)9-4-3-5-15-8-9/h6-7,9,15H,3-5,8H2,1-2H3. The van der Waals surface area contributed by atoms with Crippen LogP contribution in [0.2, 0.25) is 5.02 Å². The van der Waals surface area contributed by atoms with Crippen molar-refractivity contribution >= 4 is 35.1 Å². The molecule has 94 valence electrons. The number of halogens is 1. The molecule has 0 aliphatic carbocycles. The van der Waals surface area contributed by atoms with E-state index >= 15 is 0 Å². The molecule has 0 saturated carbocycles. The Morgan fingerprint density at radius 2 is 2.12 bits per heavy atom. The molecule has 17 heavy (non-hydrogen) atoms. The Hall–Kier alpha value is 0.170. The van der Waals surface area contributed by atoms with Crippen molar-refractivity contribution in [3.05, 3.63) is 22.7 Å². The molecule has 1 unspecified atom stereocenters. The summed E-state index contributed by atoms with van der Waals surface area (Å²) in [5, 5.41) is 4.37. The average molecular weight is 288 g/mol. The summed E-state index contributed by atoms with van der Waals surface area (Å²) < 4.78 is 0. The van der Waals surface area contributed by atoms with Crippen molar-refractivity contribution in [2.75, 3.05) is 25.6 Å². The molecule has 1 nitrogen and oxygen atoms in total. The number of thioether (sulfide) groups is 2. The molecule has 1 aromatic rings. The second-order valence-electron chi connectivity index (χ2n) is 4.28. The monoisotopic (exact) mass is 287 g/mol. The van der Waals surface area contributed by atoms with E-state index in [-0.39, 0.29) is 0 Å². The van der Waals surface area contributed by atoms with Crippen molar-refractivity contribution < 1.29 is 0 Å². The molecule has 0 bridgehead atoms. The fraction of sp³-hybridized carbons (Fsp3) is 0.538. The van der Waals surface area contributed by atoms with Crippen molar-refractivity contribution in [1.82, 2.24) is 5.32 Å². The third kappa shape index (κ3) is 3.14. The van der Waals surface area contributed by atoms with Crippen LogP contribution < -0.4 is 5.32 Å². The fourth-order valence-electron chi connectivity index (χ4n) is 2.31. The first-order valence-corrected chi connectivity index (χ1v) is 8.71. The fourth-order valence-corrected chi connectivity index (χ4v) is 4.39. The number of hydrogen-bond acceptors (Lipinski definition) is 3.